The molecule has 0 unspecified atom stereocenters. The van der Waals surface area contributed by atoms with Crippen LogP contribution >= 0.6 is 25.3 Å². The molecule has 0 aromatic carbocycles. The first-order chi connectivity index (χ1) is 10.4. The van der Waals surface area contributed by atoms with Crippen LogP contribution in [0.15, 0.2) is 0 Å². The topological polar surface area (TPSA) is 183 Å². The predicted octanol–water partition coefficient (Wildman–Crippen LogP) is 0.161. The summed E-state index contributed by atoms with van der Waals surface area (Å²) in [4.78, 5) is 58.3. The first kappa shape index (κ1) is 25.9. The Morgan fingerprint density at radius 3 is 0.739 bits per heavy atom. The largest absolute Gasteiger partial charge is 0.481 e. The van der Waals surface area contributed by atoms with Gasteiger partial charge in [0.25, 0.3) is 0 Å². The van der Waals surface area contributed by atoms with Crippen LogP contribution in [0, 0.1) is 0 Å². The number of hydrogen-bond donors (Lipinski definition) is 6. The van der Waals surface area contributed by atoms with E-state index in [2.05, 4.69) is 25.3 Å². The molecule has 0 rings (SSSR count). The van der Waals surface area contributed by atoms with Gasteiger partial charge in [-0.1, -0.05) is 0 Å². The van der Waals surface area contributed by atoms with Crippen LogP contribution in [0.1, 0.15) is 32.1 Å². The number of carbonyl (C=O) groups is 6. The van der Waals surface area contributed by atoms with E-state index in [0.717, 1.165) is 0 Å². The van der Waals surface area contributed by atoms with Crippen molar-refractivity contribution >= 4 is 59.4 Å². The molecule has 4 N–H and O–H groups in total. The average molecular weight is 372 g/mol. The van der Waals surface area contributed by atoms with E-state index in [1.54, 1.807) is 0 Å². The molecule has 10 nitrogen and oxygen atoms in total. The molecule has 0 aromatic heterocycles. The highest BCUT2D eigenvalue weighted by molar-refractivity contribution is 7.99. The number of carboxylic acids is 4. The molecule has 132 valence electrons. The first-order valence-electron chi connectivity index (χ1n) is 5.69. The van der Waals surface area contributed by atoms with Gasteiger partial charge in [0.05, 0.1) is 32.1 Å². The summed E-state index contributed by atoms with van der Waals surface area (Å²) in [5, 5.41) is 30.7. The van der Waals surface area contributed by atoms with Gasteiger partial charge in [0.1, 0.15) is 0 Å². The Morgan fingerprint density at radius 1 is 0.522 bits per heavy atom. The van der Waals surface area contributed by atoms with E-state index < -0.39 is 34.1 Å². The number of aliphatic carboxylic acids is 4. The van der Waals surface area contributed by atoms with Crippen LogP contribution in [0.3, 0.4) is 0 Å². The summed E-state index contributed by atoms with van der Waals surface area (Å²) in [6.45, 7) is 0. The lowest BCUT2D eigenvalue weighted by Crippen LogP contribution is -2.00. The molecular formula is C11H16O10S2. The normalized spacial score (nSPS) is 8.43. The predicted molar refractivity (Wildman–Crippen MR) is 81.6 cm³/mol. The third kappa shape index (κ3) is 45.0. The van der Waals surface area contributed by atoms with Crippen LogP contribution < -0.4 is 0 Å². The Labute approximate surface area is 141 Å². The molecule has 0 amide bonds. The maximum Gasteiger partial charge on any atom is 0.303 e. The monoisotopic (exact) mass is 372 g/mol. The van der Waals surface area contributed by atoms with Crippen molar-refractivity contribution in [2.75, 3.05) is 0 Å². The summed E-state index contributed by atoms with van der Waals surface area (Å²) in [6, 6.07) is 0. The number of hydrogen-bond acceptors (Lipinski definition) is 6. The van der Waals surface area contributed by atoms with Crippen molar-refractivity contribution in [1.29, 1.82) is 0 Å². The molecule has 0 fully saturated rings. The molecule has 0 aromatic rings. The van der Waals surface area contributed by atoms with Crippen molar-refractivity contribution in [3.05, 3.63) is 0 Å². The molecule has 0 aliphatic heterocycles. The Balaban J connectivity index is -0.000000262. The third-order valence-corrected chi connectivity index (χ3v) is 1.72. The fourth-order valence-electron chi connectivity index (χ4n) is 0.557. The fraction of sp³-hybridized carbons (Fsp3) is 0.455. The molecule has 0 radical (unpaired) electrons. The summed E-state index contributed by atoms with van der Waals surface area (Å²) < 4.78 is 0. The zero-order chi connectivity index (χ0) is 19.0. The fourth-order valence-corrected chi connectivity index (χ4v) is 0.969. The van der Waals surface area contributed by atoms with Gasteiger partial charge in [-0.05, 0) is 0 Å². The zero-order valence-electron chi connectivity index (χ0n) is 11.7. The molecule has 0 aliphatic rings. The van der Waals surface area contributed by atoms with Crippen LogP contribution in [0.25, 0.3) is 0 Å². The van der Waals surface area contributed by atoms with Gasteiger partial charge >= 0.3 is 23.9 Å². The number of carbonyl (C=O) groups excluding carboxylic acids is 2. The average Bonchev–Trinajstić information content (AvgIpc) is 2.33. The minimum Gasteiger partial charge on any atom is -0.481 e. The van der Waals surface area contributed by atoms with E-state index in [4.69, 9.17) is 20.4 Å². The Bertz CT molecular complexity index is 378. The molecule has 0 bridgehead atoms. The molecular weight excluding hydrogens is 356 g/mol. The number of thiol groups is 2. The lowest BCUT2D eigenvalue weighted by Gasteiger charge is -1.85. The summed E-state index contributed by atoms with van der Waals surface area (Å²) in [5.41, 5.74) is 0. The highest BCUT2D eigenvalue weighted by Gasteiger charge is 2.01. The van der Waals surface area contributed by atoms with Crippen LogP contribution in [0.5, 0.6) is 0 Å². The summed E-state index contributed by atoms with van der Waals surface area (Å²) >= 11 is 6.66. The molecule has 0 heterocycles. The third-order valence-electron chi connectivity index (χ3n) is 1.41. The van der Waals surface area contributed by atoms with Gasteiger partial charge in [-0.15, -0.1) is 25.3 Å². The Kier molecular flexibility index (Phi) is 18.3. The van der Waals surface area contributed by atoms with Gasteiger partial charge in [-0.2, -0.15) is 0 Å². The Morgan fingerprint density at radius 2 is 0.696 bits per heavy atom. The lowest BCUT2D eigenvalue weighted by atomic mass is 10.3. The van der Waals surface area contributed by atoms with Gasteiger partial charge in [0.15, 0.2) is 10.2 Å². The van der Waals surface area contributed by atoms with E-state index >= 15 is 0 Å². The quantitative estimate of drug-likeness (QED) is 0.253. The Hall–Kier alpha value is -2.08. The van der Waals surface area contributed by atoms with Crippen LogP contribution in [-0.2, 0) is 28.8 Å². The van der Waals surface area contributed by atoms with Gasteiger partial charge in [0.2, 0.25) is 0 Å². The minimum absolute atomic E-state index is 0.188. The highest BCUT2D eigenvalue weighted by Crippen LogP contribution is 1.91. The number of rotatable bonds is 8. The molecule has 0 atom stereocenters. The maximum absolute atomic E-state index is 9.85. The smallest absolute Gasteiger partial charge is 0.303 e. The number of carboxylic acid groups (broad SMARTS) is 4. The highest BCUT2D eigenvalue weighted by atomic mass is 32.1. The van der Waals surface area contributed by atoms with Crippen molar-refractivity contribution in [3.8, 4) is 0 Å². The van der Waals surface area contributed by atoms with E-state index in [9.17, 15) is 28.8 Å². The molecule has 0 spiro atoms. The summed E-state index contributed by atoms with van der Waals surface area (Å²) in [7, 11) is 0. The molecule has 12 heteroatoms. The molecule has 0 saturated carbocycles. The minimum atomic E-state index is -1.08. The van der Waals surface area contributed by atoms with E-state index in [1.807, 2.05) is 0 Å². The van der Waals surface area contributed by atoms with Gasteiger partial charge in [-0.25, -0.2) is 0 Å². The second-order valence-corrected chi connectivity index (χ2v) is 4.54. The van der Waals surface area contributed by atoms with Crippen molar-refractivity contribution in [2.45, 2.75) is 32.1 Å². The summed E-state index contributed by atoms with van der Waals surface area (Å²) in [5.74, 6) is -4.31. The van der Waals surface area contributed by atoms with E-state index in [-0.39, 0.29) is 32.1 Å². The van der Waals surface area contributed by atoms with Crippen molar-refractivity contribution in [1.82, 2.24) is 0 Å². The lowest BCUT2D eigenvalue weighted by molar-refractivity contribution is -0.143. The SMILES string of the molecule is O=C(O)CCC(=O)O.O=C(O)CCC(=O)O.O=C(S)CC(=O)S. The molecule has 0 aliphatic carbocycles. The summed E-state index contributed by atoms with van der Waals surface area (Å²) in [6.07, 6.45) is -1.37. The van der Waals surface area contributed by atoms with Gasteiger partial charge < -0.3 is 20.4 Å². The van der Waals surface area contributed by atoms with Crippen LogP contribution in [0.4, 0.5) is 0 Å². The van der Waals surface area contributed by atoms with Crippen molar-refractivity contribution in [3.63, 3.8) is 0 Å². The van der Waals surface area contributed by atoms with Gasteiger partial charge in [-0.3, -0.25) is 28.8 Å². The zero-order valence-corrected chi connectivity index (χ0v) is 13.5. The maximum atomic E-state index is 9.85. The first-order valence-corrected chi connectivity index (χ1v) is 6.58. The van der Waals surface area contributed by atoms with Crippen LogP contribution in [0.2, 0.25) is 0 Å². The molecule has 23 heavy (non-hydrogen) atoms. The second kappa shape index (κ2) is 16.3. The van der Waals surface area contributed by atoms with Crippen molar-refractivity contribution < 1.29 is 49.2 Å². The van der Waals surface area contributed by atoms with Crippen LogP contribution in [-0.4, -0.2) is 54.5 Å². The second-order valence-electron chi connectivity index (χ2n) is 3.54. The van der Waals surface area contributed by atoms with Gasteiger partial charge in [0, 0.05) is 0 Å². The van der Waals surface area contributed by atoms with E-state index in [0.29, 0.717) is 0 Å². The van der Waals surface area contributed by atoms with Crippen molar-refractivity contribution in [2.24, 2.45) is 0 Å². The molecule has 0 saturated heterocycles. The standard InChI is InChI=1S/2C4H6O4.C3H4O2S2/c2*5-3(6)1-2-4(7)8;4-2(6)1-3(5)7/h2*1-2H2,(H,5,6)(H,7,8);1H2,(H,4,6)(H,5,7). The van der Waals surface area contributed by atoms with E-state index in [1.165, 1.54) is 0 Å².